The van der Waals surface area contributed by atoms with E-state index in [1.54, 1.807) is 0 Å². The van der Waals surface area contributed by atoms with E-state index in [4.69, 9.17) is 26.7 Å². The molecule has 0 radical (unpaired) electrons. The fraction of sp³-hybridized carbons (Fsp3) is 0.318. The highest BCUT2D eigenvalue weighted by atomic mass is 35.5. The topological polar surface area (TPSA) is 94.8 Å². The van der Waals surface area contributed by atoms with Gasteiger partial charge in [0.1, 0.15) is 17.8 Å². The number of rotatable bonds is 8. The van der Waals surface area contributed by atoms with Gasteiger partial charge in [0.15, 0.2) is 22.1 Å². The number of aromatic nitrogens is 4. The number of imidazole rings is 1. The van der Waals surface area contributed by atoms with Crippen LogP contribution in [-0.4, -0.2) is 32.1 Å². The maximum absolute atomic E-state index is 6.42. The van der Waals surface area contributed by atoms with E-state index < -0.39 is 0 Å². The Morgan fingerprint density at radius 3 is 2.81 bits per heavy atom. The van der Waals surface area contributed by atoms with E-state index in [0.717, 1.165) is 52.3 Å². The second kappa shape index (κ2) is 9.30. The molecule has 0 spiro atoms. The third-order valence-electron chi connectivity index (χ3n) is 4.74. The van der Waals surface area contributed by atoms with Crippen LogP contribution >= 0.6 is 23.4 Å². The summed E-state index contributed by atoms with van der Waals surface area (Å²) in [5.41, 5.74) is 8.35. The van der Waals surface area contributed by atoms with Crippen molar-refractivity contribution in [1.82, 2.24) is 24.8 Å². The molecule has 0 amide bonds. The van der Waals surface area contributed by atoms with E-state index in [9.17, 15) is 0 Å². The van der Waals surface area contributed by atoms with Crippen LogP contribution in [0.5, 0.6) is 0 Å². The molecule has 3 N–H and O–H groups in total. The smallest absolute Gasteiger partial charge is 0.175 e. The lowest BCUT2D eigenvalue weighted by Crippen LogP contribution is -2.24. The van der Waals surface area contributed by atoms with E-state index in [1.807, 2.05) is 37.3 Å². The molecule has 0 unspecified atom stereocenters. The van der Waals surface area contributed by atoms with Gasteiger partial charge in [-0.3, -0.25) is 0 Å². The lowest BCUT2D eigenvalue weighted by molar-refractivity contribution is 0.525. The molecule has 0 atom stereocenters. The van der Waals surface area contributed by atoms with Crippen molar-refractivity contribution in [2.75, 3.05) is 12.3 Å². The van der Waals surface area contributed by atoms with Crippen molar-refractivity contribution < 1.29 is 4.42 Å². The average molecular weight is 457 g/mol. The number of aryl methyl sites for hydroxylation is 2. The summed E-state index contributed by atoms with van der Waals surface area (Å²) >= 11 is 7.94. The summed E-state index contributed by atoms with van der Waals surface area (Å²) in [6.45, 7) is 7.87. The first kappa shape index (κ1) is 21.7. The van der Waals surface area contributed by atoms with Gasteiger partial charge in [0.2, 0.25) is 0 Å². The Kier molecular flexibility index (Phi) is 6.50. The molecule has 0 saturated carbocycles. The minimum Gasteiger partial charge on any atom is -0.461 e. The molecule has 3 heterocycles. The van der Waals surface area contributed by atoms with Crippen molar-refractivity contribution in [1.29, 1.82) is 0 Å². The van der Waals surface area contributed by atoms with E-state index in [1.165, 1.54) is 18.1 Å². The molecular weight excluding hydrogens is 432 g/mol. The Morgan fingerprint density at radius 2 is 2.06 bits per heavy atom. The van der Waals surface area contributed by atoms with Gasteiger partial charge < -0.3 is 20.0 Å². The minimum atomic E-state index is 0.378. The van der Waals surface area contributed by atoms with Crippen LogP contribution in [0.3, 0.4) is 0 Å². The number of nitrogens with zero attached hydrogens (tertiary/aromatic N) is 4. The summed E-state index contributed by atoms with van der Waals surface area (Å²) in [4.78, 5) is 14.2. The molecular formula is C22H25ClN6OS. The van der Waals surface area contributed by atoms with Crippen molar-refractivity contribution >= 4 is 40.3 Å². The number of anilines is 1. The van der Waals surface area contributed by atoms with Gasteiger partial charge in [0.25, 0.3) is 0 Å². The number of nitrogen functional groups attached to an aromatic ring is 1. The SMILES string of the molecule is Cc1ccc(-c2cc(Cl)cc(Sc3nc4c(N)ncnc4n3CCCNC(C)C)c2)o1. The number of fused-ring (bicyclic) bond motifs is 1. The number of benzene rings is 1. The quantitative estimate of drug-likeness (QED) is 0.353. The zero-order valence-corrected chi connectivity index (χ0v) is 19.3. The second-order valence-corrected chi connectivity index (χ2v) is 9.10. The molecule has 0 saturated heterocycles. The molecule has 4 rings (SSSR count). The van der Waals surface area contributed by atoms with Crippen LogP contribution < -0.4 is 11.1 Å². The molecule has 31 heavy (non-hydrogen) atoms. The van der Waals surface area contributed by atoms with E-state index in [-0.39, 0.29) is 0 Å². The molecule has 0 aliphatic rings. The summed E-state index contributed by atoms with van der Waals surface area (Å²) in [7, 11) is 0. The summed E-state index contributed by atoms with van der Waals surface area (Å²) in [5, 5.41) is 4.88. The zero-order valence-electron chi connectivity index (χ0n) is 17.7. The summed E-state index contributed by atoms with van der Waals surface area (Å²) in [6, 6.07) is 10.2. The van der Waals surface area contributed by atoms with Gasteiger partial charge in [-0.05, 0) is 50.2 Å². The molecule has 0 bridgehead atoms. The van der Waals surface area contributed by atoms with Crippen LogP contribution in [0, 0.1) is 6.92 Å². The van der Waals surface area contributed by atoms with Crippen LogP contribution in [0.4, 0.5) is 5.82 Å². The minimum absolute atomic E-state index is 0.378. The first-order chi connectivity index (χ1) is 14.9. The molecule has 3 aromatic heterocycles. The number of nitrogens with two attached hydrogens (primary N) is 1. The third kappa shape index (κ3) is 5.03. The van der Waals surface area contributed by atoms with E-state index >= 15 is 0 Å². The molecule has 162 valence electrons. The number of nitrogens with one attached hydrogen (secondary N) is 1. The summed E-state index contributed by atoms with van der Waals surface area (Å²) in [6.07, 6.45) is 2.42. The van der Waals surface area contributed by atoms with Crippen molar-refractivity contribution in [2.24, 2.45) is 0 Å². The van der Waals surface area contributed by atoms with Gasteiger partial charge >= 0.3 is 0 Å². The highest BCUT2D eigenvalue weighted by Gasteiger charge is 2.17. The Balaban J connectivity index is 1.67. The van der Waals surface area contributed by atoms with E-state index in [2.05, 4.69) is 33.7 Å². The number of halogens is 1. The standard InChI is InChI=1S/C22H25ClN6OS/c1-13(2)25-7-4-8-29-21-19(20(24)26-12-27-21)28-22(29)31-17-10-15(9-16(23)11-17)18-6-5-14(3)30-18/h5-6,9-13,25H,4,7-8H2,1-3H3,(H2,24,26,27). The Hall–Kier alpha value is -2.55. The molecule has 7 nitrogen and oxygen atoms in total. The van der Waals surface area contributed by atoms with Crippen molar-refractivity contribution in [3.05, 3.63) is 47.4 Å². The second-order valence-electron chi connectivity index (χ2n) is 7.63. The highest BCUT2D eigenvalue weighted by Crippen LogP contribution is 2.35. The van der Waals surface area contributed by atoms with Crippen LogP contribution in [0.1, 0.15) is 26.0 Å². The fourth-order valence-electron chi connectivity index (χ4n) is 3.30. The van der Waals surface area contributed by atoms with Crippen LogP contribution in [0.15, 0.2) is 51.1 Å². The van der Waals surface area contributed by atoms with E-state index in [0.29, 0.717) is 22.4 Å². The molecule has 4 aromatic rings. The first-order valence-corrected chi connectivity index (χ1v) is 11.4. The predicted octanol–water partition coefficient (Wildman–Crippen LogP) is 5.17. The molecule has 1 aromatic carbocycles. The Bertz CT molecular complexity index is 1200. The van der Waals surface area contributed by atoms with Gasteiger partial charge in [-0.2, -0.15) is 0 Å². The fourth-order valence-corrected chi connectivity index (χ4v) is 4.61. The van der Waals surface area contributed by atoms with Gasteiger partial charge in [-0.1, -0.05) is 37.2 Å². The van der Waals surface area contributed by atoms with Crippen LogP contribution in [0.2, 0.25) is 5.02 Å². The predicted molar refractivity (Wildman–Crippen MR) is 126 cm³/mol. The lowest BCUT2D eigenvalue weighted by Gasteiger charge is -2.11. The molecule has 9 heteroatoms. The van der Waals surface area contributed by atoms with Crippen molar-refractivity contribution in [3.8, 4) is 11.3 Å². The normalized spacial score (nSPS) is 11.6. The maximum atomic E-state index is 6.42. The first-order valence-electron chi connectivity index (χ1n) is 10.2. The largest absolute Gasteiger partial charge is 0.461 e. The Labute approximate surface area is 190 Å². The molecule has 0 aliphatic carbocycles. The summed E-state index contributed by atoms with van der Waals surface area (Å²) in [5.74, 6) is 2.02. The van der Waals surface area contributed by atoms with Crippen LogP contribution in [-0.2, 0) is 6.54 Å². The molecule has 0 fully saturated rings. The van der Waals surface area contributed by atoms with Crippen molar-refractivity contribution in [2.45, 2.75) is 49.8 Å². The number of hydrogen-bond donors (Lipinski definition) is 2. The van der Waals surface area contributed by atoms with Gasteiger partial charge in [0.05, 0.1) is 0 Å². The average Bonchev–Trinajstić information content (AvgIpc) is 3.29. The zero-order chi connectivity index (χ0) is 22.0. The Morgan fingerprint density at radius 1 is 1.23 bits per heavy atom. The van der Waals surface area contributed by atoms with Crippen LogP contribution in [0.25, 0.3) is 22.5 Å². The van der Waals surface area contributed by atoms with Gasteiger partial charge in [-0.15, -0.1) is 0 Å². The number of hydrogen-bond acceptors (Lipinski definition) is 7. The third-order valence-corrected chi connectivity index (χ3v) is 5.93. The van der Waals surface area contributed by atoms with Gasteiger partial charge in [-0.25, -0.2) is 15.0 Å². The van der Waals surface area contributed by atoms with Gasteiger partial charge in [0, 0.05) is 28.1 Å². The monoisotopic (exact) mass is 456 g/mol. The maximum Gasteiger partial charge on any atom is 0.175 e. The highest BCUT2D eigenvalue weighted by molar-refractivity contribution is 7.99. The summed E-state index contributed by atoms with van der Waals surface area (Å²) < 4.78 is 7.87. The van der Waals surface area contributed by atoms with Crippen molar-refractivity contribution in [3.63, 3.8) is 0 Å². The lowest BCUT2D eigenvalue weighted by atomic mass is 10.2. The number of furan rings is 1. The molecule has 0 aliphatic heterocycles.